The number of nitrogens with two attached hydrogens (primary N) is 1. The Morgan fingerprint density at radius 1 is 1.17 bits per heavy atom. The number of aromatic nitrogens is 2. The first kappa shape index (κ1) is 17.9. The van der Waals surface area contributed by atoms with Crippen molar-refractivity contribution in [3.8, 4) is 0 Å². The molecule has 1 fully saturated rings. The highest BCUT2D eigenvalue weighted by Crippen LogP contribution is 2.23. The van der Waals surface area contributed by atoms with Gasteiger partial charge in [-0.05, 0) is 50.3 Å². The van der Waals surface area contributed by atoms with E-state index in [1.165, 1.54) is 31.2 Å². The van der Waals surface area contributed by atoms with Gasteiger partial charge in [0, 0.05) is 0 Å². The number of rotatable bonds is 6. The second-order valence-corrected chi connectivity index (χ2v) is 6.05. The summed E-state index contributed by atoms with van der Waals surface area (Å²) in [6, 6.07) is 10.8. The van der Waals surface area contributed by atoms with Crippen molar-refractivity contribution in [3.05, 3.63) is 47.6 Å². The highest BCUT2D eigenvalue weighted by atomic mass is 35.5. The average molecular weight is 337 g/mol. The van der Waals surface area contributed by atoms with Crippen molar-refractivity contribution >= 4 is 12.4 Å². The first-order chi connectivity index (χ1) is 10.8. The Kier molecular flexibility index (Phi) is 7.02. The minimum absolute atomic E-state index is 0. The van der Waals surface area contributed by atoms with E-state index in [2.05, 4.69) is 45.4 Å². The number of likely N-dealkylation sites (tertiary alicyclic amines) is 1. The van der Waals surface area contributed by atoms with Crippen LogP contribution in [-0.2, 0) is 19.5 Å². The van der Waals surface area contributed by atoms with Crippen LogP contribution < -0.4 is 5.73 Å². The number of hydrogen-bond donors (Lipinski definition) is 1. The standard InChI is InChI=1S/C17H24N4O.ClH/c18-12-17-19-16(20-22-17)13-21-10-8-15(9-11-21)7-6-14-4-2-1-3-5-14;/h1-5,15H,6-13,18H2;1H. The van der Waals surface area contributed by atoms with Gasteiger partial charge in [0.25, 0.3) is 0 Å². The van der Waals surface area contributed by atoms with Crippen molar-refractivity contribution in [1.82, 2.24) is 15.0 Å². The van der Waals surface area contributed by atoms with Gasteiger partial charge in [-0.2, -0.15) is 4.98 Å². The van der Waals surface area contributed by atoms with E-state index >= 15 is 0 Å². The van der Waals surface area contributed by atoms with Crippen molar-refractivity contribution < 1.29 is 4.52 Å². The Bertz CT molecular complexity index is 567. The lowest BCUT2D eigenvalue weighted by molar-refractivity contribution is 0.167. The van der Waals surface area contributed by atoms with Crippen molar-refractivity contribution in [3.63, 3.8) is 0 Å². The molecule has 126 valence electrons. The topological polar surface area (TPSA) is 68.2 Å². The fraction of sp³-hybridized carbons (Fsp3) is 0.529. The third-order valence-electron chi connectivity index (χ3n) is 4.44. The maximum Gasteiger partial charge on any atom is 0.240 e. The molecule has 23 heavy (non-hydrogen) atoms. The minimum Gasteiger partial charge on any atom is -0.338 e. The molecule has 6 heteroatoms. The molecule has 5 nitrogen and oxygen atoms in total. The number of hydrogen-bond acceptors (Lipinski definition) is 5. The van der Waals surface area contributed by atoms with Gasteiger partial charge in [-0.25, -0.2) is 0 Å². The second kappa shape index (κ2) is 9.01. The monoisotopic (exact) mass is 336 g/mol. The number of benzene rings is 1. The molecule has 1 aliphatic heterocycles. The van der Waals surface area contributed by atoms with Gasteiger partial charge >= 0.3 is 0 Å². The summed E-state index contributed by atoms with van der Waals surface area (Å²) in [5.41, 5.74) is 6.94. The molecule has 1 saturated heterocycles. The molecule has 2 N–H and O–H groups in total. The van der Waals surface area contributed by atoms with E-state index in [-0.39, 0.29) is 12.4 Å². The average Bonchev–Trinajstić information content (AvgIpc) is 3.03. The summed E-state index contributed by atoms with van der Waals surface area (Å²) in [4.78, 5) is 6.68. The Hall–Kier alpha value is -1.43. The molecule has 1 aromatic heterocycles. The summed E-state index contributed by atoms with van der Waals surface area (Å²) in [5, 5.41) is 3.97. The van der Waals surface area contributed by atoms with Crippen LogP contribution in [0.5, 0.6) is 0 Å². The van der Waals surface area contributed by atoms with Gasteiger partial charge in [0.05, 0.1) is 13.1 Å². The van der Waals surface area contributed by atoms with Crippen LogP contribution in [0.1, 0.15) is 36.5 Å². The van der Waals surface area contributed by atoms with Crippen molar-refractivity contribution in [2.75, 3.05) is 13.1 Å². The van der Waals surface area contributed by atoms with Crippen molar-refractivity contribution in [1.29, 1.82) is 0 Å². The van der Waals surface area contributed by atoms with Gasteiger partial charge in [-0.3, -0.25) is 4.90 Å². The lowest BCUT2D eigenvalue weighted by Gasteiger charge is -2.31. The molecule has 3 rings (SSSR count). The zero-order valence-corrected chi connectivity index (χ0v) is 14.2. The van der Waals surface area contributed by atoms with E-state index in [0.717, 1.165) is 31.4 Å². The maximum atomic E-state index is 5.49. The fourth-order valence-electron chi connectivity index (χ4n) is 3.09. The molecule has 0 aliphatic carbocycles. The summed E-state index contributed by atoms with van der Waals surface area (Å²) >= 11 is 0. The summed E-state index contributed by atoms with van der Waals surface area (Å²) in [6.45, 7) is 3.32. The molecule has 0 bridgehead atoms. The van der Waals surface area contributed by atoms with Gasteiger partial charge in [0.2, 0.25) is 5.89 Å². The van der Waals surface area contributed by atoms with Crippen LogP contribution in [0.15, 0.2) is 34.9 Å². The minimum atomic E-state index is 0. The van der Waals surface area contributed by atoms with Gasteiger partial charge in [-0.1, -0.05) is 35.5 Å². The summed E-state index contributed by atoms with van der Waals surface area (Å²) in [6.07, 6.45) is 5.00. The molecule has 0 saturated carbocycles. The lowest BCUT2D eigenvalue weighted by atomic mass is 9.90. The van der Waals surface area contributed by atoms with Crippen LogP contribution >= 0.6 is 12.4 Å². The van der Waals surface area contributed by atoms with Crippen LogP contribution in [0.4, 0.5) is 0 Å². The SMILES string of the molecule is Cl.NCc1nc(CN2CCC(CCc3ccccc3)CC2)no1. The van der Waals surface area contributed by atoms with E-state index < -0.39 is 0 Å². The van der Waals surface area contributed by atoms with Crippen LogP contribution in [0.3, 0.4) is 0 Å². The van der Waals surface area contributed by atoms with Crippen molar-refractivity contribution in [2.45, 2.75) is 38.8 Å². The highest BCUT2D eigenvalue weighted by molar-refractivity contribution is 5.85. The number of piperidine rings is 1. The Morgan fingerprint density at radius 3 is 2.57 bits per heavy atom. The smallest absolute Gasteiger partial charge is 0.240 e. The number of nitrogens with zero attached hydrogens (tertiary/aromatic N) is 3. The third kappa shape index (κ3) is 5.30. The quantitative estimate of drug-likeness (QED) is 0.878. The Labute approximate surface area is 143 Å². The Morgan fingerprint density at radius 2 is 1.91 bits per heavy atom. The molecule has 0 amide bonds. The predicted octanol–water partition coefficient (Wildman–Crippen LogP) is 2.79. The molecule has 1 aromatic carbocycles. The molecule has 2 heterocycles. The van der Waals surface area contributed by atoms with Crippen LogP contribution in [0.2, 0.25) is 0 Å². The first-order valence-electron chi connectivity index (χ1n) is 8.11. The van der Waals surface area contributed by atoms with Gasteiger partial charge in [0.15, 0.2) is 5.82 Å². The van der Waals surface area contributed by atoms with E-state index in [9.17, 15) is 0 Å². The Balaban J connectivity index is 0.00000192. The summed E-state index contributed by atoms with van der Waals surface area (Å²) < 4.78 is 5.05. The maximum absolute atomic E-state index is 5.49. The van der Waals surface area contributed by atoms with Gasteiger partial charge < -0.3 is 10.3 Å². The molecular weight excluding hydrogens is 312 g/mol. The van der Waals surface area contributed by atoms with Gasteiger partial charge in [0.1, 0.15) is 0 Å². The molecular formula is C17H25ClN4O. The predicted molar refractivity (Wildman–Crippen MR) is 92.2 cm³/mol. The second-order valence-electron chi connectivity index (χ2n) is 6.05. The highest BCUT2D eigenvalue weighted by Gasteiger charge is 2.20. The molecule has 2 aromatic rings. The van der Waals surface area contributed by atoms with E-state index in [1.807, 2.05) is 0 Å². The molecule has 0 unspecified atom stereocenters. The zero-order chi connectivity index (χ0) is 15.2. The number of halogens is 1. The zero-order valence-electron chi connectivity index (χ0n) is 13.4. The molecule has 0 radical (unpaired) electrons. The molecule has 1 aliphatic rings. The molecule has 0 atom stereocenters. The van der Waals surface area contributed by atoms with Crippen molar-refractivity contribution in [2.24, 2.45) is 11.7 Å². The summed E-state index contributed by atoms with van der Waals surface area (Å²) in [5.74, 6) is 2.11. The normalized spacial score (nSPS) is 16.2. The van der Waals surface area contributed by atoms with E-state index in [4.69, 9.17) is 10.3 Å². The fourth-order valence-corrected chi connectivity index (χ4v) is 3.09. The van der Waals surface area contributed by atoms with Gasteiger partial charge in [-0.15, -0.1) is 12.4 Å². The van der Waals surface area contributed by atoms with Crippen LogP contribution in [0, 0.1) is 5.92 Å². The third-order valence-corrected chi connectivity index (χ3v) is 4.44. The summed E-state index contributed by atoms with van der Waals surface area (Å²) in [7, 11) is 0. The largest absolute Gasteiger partial charge is 0.338 e. The van der Waals surface area contributed by atoms with Crippen LogP contribution in [0.25, 0.3) is 0 Å². The first-order valence-corrected chi connectivity index (χ1v) is 8.11. The number of aryl methyl sites for hydroxylation is 1. The van der Waals surface area contributed by atoms with Crippen LogP contribution in [-0.4, -0.2) is 28.1 Å². The van der Waals surface area contributed by atoms with E-state index in [0.29, 0.717) is 12.4 Å². The lowest BCUT2D eigenvalue weighted by Crippen LogP contribution is -2.33. The van der Waals surface area contributed by atoms with E-state index in [1.54, 1.807) is 0 Å². The molecule has 0 spiro atoms.